The fourth-order valence-electron chi connectivity index (χ4n) is 2.32. The van der Waals surface area contributed by atoms with E-state index in [2.05, 4.69) is 19.9 Å². The molecular formula is C15H14N6O2. The van der Waals surface area contributed by atoms with Gasteiger partial charge >= 0.3 is 0 Å². The number of rotatable bonds is 3. The van der Waals surface area contributed by atoms with Crippen LogP contribution >= 0.6 is 0 Å². The molecule has 0 bridgehead atoms. The Morgan fingerprint density at radius 2 is 2.13 bits per heavy atom. The maximum atomic E-state index is 12.4. The molecule has 0 spiro atoms. The number of amides is 1. The summed E-state index contributed by atoms with van der Waals surface area (Å²) in [4.78, 5) is 30.1. The summed E-state index contributed by atoms with van der Waals surface area (Å²) in [5.41, 5.74) is 1.21. The maximum Gasteiger partial charge on any atom is 0.274 e. The number of hydrogen-bond acceptors (Lipinski definition) is 7. The van der Waals surface area contributed by atoms with E-state index >= 15 is 0 Å². The monoisotopic (exact) mass is 310 g/mol. The minimum Gasteiger partial charge on any atom is -0.470 e. The van der Waals surface area contributed by atoms with Crippen molar-refractivity contribution in [3.63, 3.8) is 0 Å². The number of likely N-dealkylation sites (tertiary alicyclic amines) is 1. The van der Waals surface area contributed by atoms with Crippen molar-refractivity contribution in [2.75, 3.05) is 13.1 Å². The zero-order valence-electron chi connectivity index (χ0n) is 12.5. The molecule has 3 rings (SSSR count). The standard InChI is InChI=1S/C15H14N6O2/c1-10-7-20-13(8-19-10)15(22)21-5-2-11(9-21)23-14-12(6-16)17-3-4-18-14/h3-4,7-8,11H,2,5,9H2,1H3. The van der Waals surface area contributed by atoms with Gasteiger partial charge in [-0.1, -0.05) is 0 Å². The van der Waals surface area contributed by atoms with Gasteiger partial charge in [0.25, 0.3) is 11.8 Å². The molecule has 0 saturated carbocycles. The number of carbonyl (C=O) groups excluding carboxylic acids is 1. The van der Waals surface area contributed by atoms with Crippen LogP contribution in [-0.2, 0) is 0 Å². The molecule has 1 saturated heterocycles. The largest absolute Gasteiger partial charge is 0.470 e. The van der Waals surface area contributed by atoms with Gasteiger partial charge in [0.05, 0.1) is 18.4 Å². The lowest BCUT2D eigenvalue weighted by molar-refractivity contribution is 0.0764. The van der Waals surface area contributed by atoms with Gasteiger partial charge in [-0.15, -0.1) is 0 Å². The van der Waals surface area contributed by atoms with Crippen LogP contribution in [0.1, 0.15) is 28.3 Å². The van der Waals surface area contributed by atoms with Crippen molar-refractivity contribution in [2.45, 2.75) is 19.4 Å². The first kappa shape index (κ1) is 14.8. The second kappa shape index (κ2) is 6.36. The zero-order chi connectivity index (χ0) is 16.2. The van der Waals surface area contributed by atoms with Gasteiger partial charge in [0.2, 0.25) is 5.69 Å². The van der Waals surface area contributed by atoms with Gasteiger partial charge in [-0.3, -0.25) is 9.78 Å². The predicted molar refractivity (Wildman–Crippen MR) is 78.5 cm³/mol. The van der Waals surface area contributed by atoms with Crippen LogP contribution in [0, 0.1) is 18.3 Å². The highest BCUT2D eigenvalue weighted by Crippen LogP contribution is 2.19. The molecule has 1 aliphatic heterocycles. The third kappa shape index (κ3) is 3.23. The summed E-state index contributed by atoms with van der Waals surface area (Å²) < 4.78 is 5.71. The van der Waals surface area contributed by atoms with Crippen molar-refractivity contribution in [3.8, 4) is 11.9 Å². The van der Waals surface area contributed by atoms with Crippen LogP contribution < -0.4 is 4.74 Å². The Labute approximate surface area is 132 Å². The third-order valence-electron chi connectivity index (χ3n) is 3.48. The molecule has 1 atom stereocenters. The van der Waals surface area contributed by atoms with E-state index in [0.717, 1.165) is 5.69 Å². The summed E-state index contributed by atoms with van der Waals surface area (Å²) in [6.45, 7) is 2.78. The Bertz CT molecular complexity index is 755. The number of hydrogen-bond donors (Lipinski definition) is 0. The van der Waals surface area contributed by atoms with Crippen LogP contribution in [0.3, 0.4) is 0 Å². The average molecular weight is 310 g/mol. The Hall–Kier alpha value is -3.08. The van der Waals surface area contributed by atoms with Crippen LogP contribution in [0.4, 0.5) is 0 Å². The first-order chi connectivity index (χ1) is 11.2. The Balaban J connectivity index is 1.65. The second-order valence-electron chi connectivity index (χ2n) is 5.14. The molecule has 2 aromatic heterocycles. The van der Waals surface area contributed by atoms with Gasteiger partial charge in [0.15, 0.2) is 0 Å². The molecule has 8 nitrogen and oxygen atoms in total. The summed E-state index contributed by atoms with van der Waals surface area (Å²) in [7, 11) is 0. The van der Waals surface area contributed by atoms with Crippen molar-refractivity contribution >= 4 is 5.91 Å². The highest BCUT2D eigenvalue weighted by molar-refractivity contribution is 5.92. The normalized spacial score (nSPS) is 16.9. The number of aryl methyl sites for hydroxylation is 1. The van der Waals surface area contributed by atoms with Crippen LogP contribution in [0.15, 0.2) is 24.8 Å². The first-order valence-electron chi connectivity index (χ1n) is 7.13. The van der Waals surface area contributed by atoms with Crippen molar-refractivity contribution in [2.24, 2.45) is 0 Å². The molecule has 8 heteroatoms. The number of carbonyl (C=O) groups is 1. The molecule has 1 fully saturated rings. The molecule has 0 aromatic carbocycles. The lowest BCUT2D eigenvalue weighted by atomic mass is 10.3. The Morgan fingerprint density at radius 1 is 1.30 bits per heavy atom. The van der Waals surface area contributed by atoms with Gasteiger partial charge in [-0.2, -0.15) is 5.26 Å². The van der Waals surface area contributed by atoms with Gasteiger partial charge in [-0.25, -0.2) is 15.0 Å². The maximum absolute atomic E-state index is 12.4. The minimum absolute atomic E-state index is 0.140. The summed E-state index contributed by atoms with van der Waals surface area (Å²) in [5.74, 6) is 0.0210. The lowest BCUT2D eigenvalue weighted by Gasteiger charge is -2.16. The third-order valence-corrected chi connectivity index (χ3v) is 3.48. The molecule has 1 amide bonds. The van der Waals surface area contributed by atoms with Crippen LogP contribution in [0.2, 0.25) is 0 Å². The van der Waals surface area contributed by atoms with Crippen LogP contribution in [0.25, 0.3) is 0 Å². The van der Waals surface area contributed by atoms with Crippen molar-refractivity contribution < 1.29 is 9.53 Å². The van der Waals surface area contributed by atoms with E-state index in [1.54, 1.807) is 11.1 Å². The molecule has 0 aliphatic carbocycles. The van der Waals surface area contributed by atoms with E-state index in [-0.39, 0.29) is 23.6 Å². The molecule has 0 N–H and O–H groups in total. The number of nitrogens with zero attached hydrogens (tertiary/aromatic N) is 6. The molecular weight excluding hydrogens is 296 g/mol. The smallest absolute Gasteiger partial charge is 0.274 e. The fourth-order valence-corrected chi connectivity index (χ4v) is 2.32. The summed E-state index contributed by atoms with van der Waals surface area (Å²) in [6, 6.07) is 1.94. The average Bonchev–Trinajstić information content (AvgIpc) is 3.04. The van der Waals surface area contributed by atoms with E-state index in [9.17, 15) is 4.79 Å². The van der Waals surface area contributed by atoms with Crippen molar-refractivity contribution in [1.29, 1.82) is 5.26 Å². The Morgan fingerprint density at radius 3 is 2.87 bits per heavy atom. The van der Waals surface area contributed by atoms with Crippen molar-refractivity contribution in [3.05, 3.63) is 41.9 Å². The van der Waals surface area contributed by atoms with Crippen molar-refractivity contribution in [1.82, 2.24) is 24.8 Å². The summed E-state index contributed by atoms with van der Waals surface area (Å²) >= 11 is 0. The van der Waals surface area contributed by atoms with Gasteiger partial charge < -0.3 is 9.64 Å². The van der Waals surface area contributed by atoms with Crippen LogP contribution in [-0.4, -0.2) is 49.9 Å². The quantitative estimate of drug-likeness (QED) is 0.823. The highest BCUT2D eigenvalue weighted by Gasteiger charge is 2.29. The molecule has 116 valence electrons. The molecule has 1 unspecified atom stereocenters. The van der Waals surface area contributed by atoms with E-state index < -0.39 is 0 Å². The highest BCUT2D eigenvalue weighted by atomic mass is 16.5. The fraction of sp³-hybridized carbons (Fsp3) is 0.333. The Kier molecular flexibility index (Phi) is 4.10. The molecule has 3 heterocycles. The molecule has 1 aliphatic rings. The van der Waals surface area contributed by atoms with Gasteiger partial charge in [0.1, 0.15) is 17.9 Å². The topological polar surface area (TPSA) is 105 Å². The summed E-state index contributed by atoms with van der Waals surface area (Å²) in [5, 5.41) is 8.99. The molecule has 2 aromatic rings. The predicted octanol–water partition coefficient (Wildman–Crippen LogP) is 0.740. The SMILES string of the molecule is Cc1cnc(C(=O)N2CCC(Oc3nccnc3C#N)C2)cn1. The lowest BCUT2D eigenvalue weighted by Crippen LogP contribution is -2.31. The molecule has 23 heavy (non-hydrogen) atoms. The van der Waals surface area contributed by atoms with Gasteiger partial charge in [0, 0.05) is 31.6 Å². The number of ether oxygens (including phenoxy) is 1. The van der Waals surface area contributed by atoms with E-state index in [1.807, 2.05) is 13.0 Å². The van der Waals surface area contributed by atoms with E-state index in [1.165, 1.54) is 18.6 Å². The summed E-state index contributed by atoms with van der Waals surface area (Å²) in [6.07, 6.45) is 6.38. The number of nitriles is 1. The molecule has 0 radical (unpaired) electrons. The first-order valence-corrected chi connectivity index (χ1v) is 7.13. The second-order valence-corrected chi connectivity index (χ2v) is 5.14. The van der Waals surface area contributed by atoms with Gasteiger partial charge in [-0.05, 0) is 6.92 Å². The van der Waals surface area contributed by atoms with Crippen LogP contribution in [0.5, 0.6) is 5.88 Å². The minimum atomic E-state index is -0.221. The van der Waals surface area contributed by atoms with E-state index in [0.29, 0.717) is 25.2 Å². The zero-order valence-corrected chi connectivity index (χ0v) is 12.5. The number of aromatic nitrogens is 4. The van der Waals surface area contributed by atoms with E-state index in [4.69, 9.17) is 10.00 Å².